The number of aromatic hydroxyl groups is 1. The van der Waals surface area contributed by atoms with E-state index in [0.29, 0.717) is 42.0 Å². The van der Waals surface area contributed by atoms with E-state index in [2.05, 4.69) is 35.9 Å². The molecule has 9 heterocycles. The zero-order chi connectivity index (χ0) is 57.0. The van der Waals surface area contributed by atoms with E-state index in [1.165, 1.54) is 4.90 Å². The fraction of sp³-hybridized carbons (Fsp3) is 0.475. The van der Waals surface area contributed by atoms with Crippen LogP contribution in [0.4, 0.5) is 15.0 Å². The molecule has 5 N–H and O–H groups in total. The van der Waals surface area contributed by atoms with Crippen LogP contribution in [0.2, 0.25) is 0 Å². The van der Waals surface area contributed by atoms with Crippen LogP contribution < -0.4 is 25.6 Å². The quantitative estimate of drug-likeness (QED) is 0.0575. The number of alkyl carbamates (subject to hydrolysis) is 1. The third-order valence-corrected chi connectivity index (χ3v) is 18.6. The fourth-order valence-electron chi connectivity index (χ4n) is 13.5. The summed E-state index contributed by atoms with van der Waals surface area (Å²) < 4.78 is 35.5. The number of hydrogen-bond donors (Lipinski definition) is 5. The molecule has 0 aliphatic carbocycles. The van der Waals surface area contributed by atoms with Gasteiger partial charge < -0.3 is 50.0 Å². The molecule has 5 saturated heterocycles. The number of phenols is 1. The zero-order valence-corrected chi connectivity index (χ0v) is 47.7. The number of anilines is 1. The number of benzene rings is 3. The SMILES string of the molecule is CCc1cccc2cc(O)cc(-c3ncc4c(N5CC6CCC(C5)N6)nc(OC[C@]56CCCN5C(COC(=O)NCc5cc([C@@H](C(=O)N7C[C@H](O)C[C@H]7C(=O)N[C@@H](C)c7ccc(-c8scnc8C)cc7)C(C)C)on5)CC6)nc4c3F)c12. The number of phenolic OH excluding ortho intramolecular Hbond substituents is 1. The van der Waals surface area contributed by atoms with Gasteiger partial charge in [0.1, 0.15) is 59.4 Å². The number of thiazole rings is 1. The minimum Gasteiger partial charge on any atom is -0.508 e. The Hall–Kier alpha value is -7.33. The summed E-state index contributed by atoms with van der Waals surface area (Å²) in [6.07, 6.45) is 6.38. The fourth-order valence-corrected chi connectivity index (χ4v) is 14.3. The van der Waals surface area contributed by atoms with E-state index >= 15 is 4.39 Å². The van der Waals surface area contributed by atoms with Gasteiger partial charge in [-0.05, 0) is 111 Å². The van der Waals surface area contributed by atoms with Gasteiger partial charge in [-0.25, -0.2) is 14.2 Å². The highest BCUT2D eigenvalue weighted by Gasteiger charge is 2.50. The molecule has 3 amide bonds. The first-order valence-electron chi connectivity index (χ1n) is 28.8. The Morgan fingerprint density at radius 2 is 1.80 bits per heavy atom. The van der Waals surface area contributed by atoms with Gasteiger partial charge in [0.05, 0.1) is 45.7 Å². The highest BCUT2D eigenvalue weighted by Crippen LogP contribution is 2.44. The van der Waals surface area contributed by atoms with E-state index < -0.39 is 30.0 Å². The summed E-state index contributed by atoms with van der Waals surface area (Å²) in [6, 6.07) is 18.0. The molecule has 0 spiro atoms. The smallest absolute Gasteiger partial charge is 0.407 e. The molecule has 5 fully saturated rings. The van der Waals surface area contributed by atoms with Crippen LogP contribution in [0.1, 0.15) is 113 Å². The summed E-state index contributed by atoms with van der Waals surface area (Å²) >= 11 is 1.57. The van der Waals surface area contributed by atoms with Crippen LogP contribution in [0.3, 0.4) is 0 Å². The van der Waals surface area contributed by atoms with E-state index in [1.807, 2.05) is 82.6 Å². The molecule has 21 heteroatoms. The summed E-state index contributed by atoms with van der Waals surface area (Å²) in [5.74, 6) is -1.51. The number of ether oxygens (including phenoxy) is 2. The molecule has 19 nitrogen and oxygen atoms in total. The number of aromatic nitrogens is 5. The standard InChI is InChI=1S/C61H70FN11O8S/c1-6-36-9-7-10-39-21-44(74)23-46(51(36)39)53-52(62)54-47(26-63-53)56(71-27-40-15-16-41(28-71)67-40)69-59(68-54)80-31-61-18-8-20-73(61)43(17-19-61)30-79-60(78)64-25-42-22-49(81-70-42)50(33(2)3)58(77)72-29-45(75)24-48(72)57(76)66-34(4)37-11-13-38(14-12-37)55-35(5)65-32-82-55/h7,9-14,21-23,26,32-34,40-41,43,45,48,50,67,74-75H,6,8,15-20,24-25,27-31H2,1-5H3,(H,64,78)(H,66,76)/t34-,40?,41?,43?,45+,48-,50-,61+/m0/s1. The maximum atomic E-state index is 17.3. The van der Waals surface area contributed by atoms with Crippen molar-refractivity contribution < 1.29 is 43.0 Å². The highest BCUT2D eigenvalue weighted by atomic mass is 32.1. The van der Waals surface area contributed by atoms with Crippen LogP contribution in [0.5, 0.6) is 11.8 Å². The van der Waals surface area contributed by atoms with Crippen molar-refractivity contribution in [3.05, 3.63) is 106 Å². The number of piperazine rings is 1. The summed E-state index contributed by atoms with van der Waals surface area (Å²) in [5.41, 5.74) is 6.44. The van der Waals surface area contributed by atoms with Gasteiger partial charge in [-0.15, -0.1) is 11.3 Å². The number of aliphatic hydroxyl groups excluding tert-OH is 1. The molecule has 5 aliphatic heterocycles. The number of halogens is 1. The minimum atomic E-state index is -0.890. The number of pyridine rings is 1. The molecule has 7 aromatic rings. The van der Waals surface area contributed by atoms with Gasteiger partial charge >= 0.3 is 12.1 Å². The molecule has 0 saturated carbocycles. The number of likely N-dealkylation sites (tertiary alicyclic amines) is 1. The van der Waals surface area contributed by atoms with E-state index in [0.717, 1.165) is 83.1 Å². The summed E-state index contributed by atoms with van der Waals surface area (Å²) in [4.78, 5) is 67.4. The second-order valence-electron chi connectivity index (χ2n) is 23.3. The predicted molar refractivity (Wildman–Crippen MR) is 308 cm³/mol. The Kier molecular flexibility index (Phi) is 15.3. The Balaban J connectivity index is 0.682. The third-order valence-electron chi connectivity index (χ3n) is 17.6. The molecular formula is C61H70FN11O8S. The average molecular weight is 1140 g/mol. The number of nitrogens with one attached hydrogen (secondary N) is 3. The van der Waals surface area contributed by atoms with E-state index in [4.69, 9.17) is 28.9 Å². The number of rotatable bonds is 17. The molecule has 3 unspecified atom stereocenters. The molecular weight excluding hydrogens is 1070 g/mol. The van der Waals surface area contributed by atoms with Gasteiger partial charge in [0, 0.05) is 62.0 Å². The van der Waals surface area contributed by atoms with Crippen molar-refractivity contribution in [2.75, 3.05) is 44.3 Å². The second-order valence-corrected chi connectivity index (χ2v) is 24.2. The Bertz CT molecular complexity index is 3530. The molecule has 0 radical (unpaired) electrons. The Labute approximate surface area is 479 Å². The van der Waals surface area contributed by atoms with Crippen LogP contribution in [0.25, 0.3) is 43.4 Å². The number of amides is 3. The number of aryl methyl sites for hydroxylation is 2. The summed E-state index contributed by atoms with van der Waals surface area (Å²) in [7, 11) is 0. The van der Waals surface area contributed by atoms with E-state index in [1.54, 1.807) is 35.7 Å². The van der Waals surface area contributed by atoms with Crippen LogP contribution in [0, 0.1) is 18.7 Å². The maximum Gasteiger partial charge on any atom is 0.407 e. The zero-order valence-electron chi connectivity index (χ0n) is 46.9. The van der Waals surface area contributed by atoms with Crippen molar-refractivity contribution in [3.63, 3.8) is 0 Å². The first-order chi connectivity index (χ1) is 39.6. The molecule has 3 aromatic carbocycles. The number of aliphatic hydroxyl groups is 1. The van der Waals surface area contributed by atoms with Crippen LogP contribution in [-0.4, -0.2) is 138 Å². The maximum absolute atomic E-state index is 17.3. The van der Waals surface area contributed by atoms with Crippen molar-refractivity contribution in [2.24, 2.45) is 5.92 Å². The molecule has 8 atom stereocenters. The van der Waals surface area contributed by atoms with E-state index in [9.17, 15) is 24.6 Å². The van der Waals surface area contributed by atoms with Crippen LogP contribution in [0.15, 0.2) is 76.9 Å². The Morgan fingerprint density at radius 3 is 2.56 bits per heavy atom. The van der Waals surface area contributed by atoms with Gasteiger partial charge in [-0.3, -0.25) is 19.5 Å². The highest BCUT2D eigenvalue weighted by molar-refractivity contribution is 7.13. The van der Waals surface area contributed by atoms with Crippen molar-refractivity contribution in [1.29, 1.82) is 0 Å². The number of hydrogen-bond acceptors (Lipinski definition) is 17. The van der Waals surface area contributed by atoms with Gasteiger partial charge in [-0.2, -0.15) is 9.97 Å². The van der Waals surface area contributed by atoms with Gasteiger partial charge in [0.15, 0.2) is 5.82 Å². The molecule has 4 aromatic heterocycles. The van der Waals surface area contributed by atoms with Gasteiger partial charge in [0.2, 0.25) is 11.8 Å². The monoisotopic (exact) mass is 1140 g/mol. The first-order valence-corrected chi connectivity index (χ1v) is 29.7. The Morgan fingerprint density at radius 1 is 1.00 bits per heavy atom. The number of β-amino-alcohol motifs (C(OH)–C–C–N with tert-alkyl or cyclic N) is 1. The normalized spacial score (nSPS) is 23.2. The number of carbonyl (C=O) groups excluding carboxylic acids is 3. The first kappa shape index (κ1) is 55.2. The van der Waals surface area contributed by atoms with Crippen LogP contribution in [-0.2, 0) is 27.3 Å². The van der Waals surface area contributed by atoms with Crippen molar-refractivity contribution in [1.82, 2.24) is 50.8 Å². The average Bonchev–Trinajstić information content (AvgIpc) is 4.53. The minimum absolute atomic E-state index is 0.00276. The lowest BCUT2D eigenvalue weighted by atomic mass is 9.91. The lowest BCUT2D eigenvalue weighted by Gasteiger charge is -2.35. The topological polar surface area (TPSA) is 234 Å². The van der Waals surface area contributed by atoms with Crippen LogP contribution >= 0.6 is 11.3 Å². The summed E-state index contributed by atoms with van der Waals surface area (Å²) in [6.45, 7) is 12.2. The lowest BCUT2D eigenvalue weighted by Crippen LogP contribution is -2.51. The number of carbonyl (C=O) groups is 3. The molecule has 430 valence electrons. The van der Waals surface area contributed by atoms with Gasteiger partial charge in [0.25, 0.3) is 0 Å². The van der Waals surface area contributed by atoms with Gasteiger partial charge in [-0.1, -0.05) is 68.4 Å². The van der Waals surface area contributed by atoms with Crippen molar-refractivity contribution >= 4 is 56.7 Å². The molecule has 2 bridgehead atoms. The lowest BCUT2D eigenvalue weighted by molar-refractivity contribution is -0.141. The largest absolute Gasteiger partial charge is 0.508 e. The number of nitrogens with zero attached hydrogens (tertiary/aromatic N) is 8. The van der Waals surface area contributed by atoms with E-state index in [-0.39, 0.29) is 109 Å². The number of fused-ring (bicyclic) bond motifs is 5. The summed E-state index contributed by atoms with van der Waals surface area (Å²) in [5, 5.41) is 37.4. The second kappa shape index (κ2) is 22.8. The van der Waals surface area contributed by atoms with Crippen molar-refractivity contribution in [2.45, 2.75) is 140 Å². The van der Waals surface area contributed by atoms with Crippen molar-refractivity contribution in [3.8, 4) is 33.5 Å². The predicted octanol–water partition coefficient (Wildman–Crippen LogP) is 8.49. The third kappa shape index (κ3) is 10.7. The molecule has 5 aliphatic rings. The molecule has 12 rings (SSSR count). The molecule has 82 heavy (non-hydrogen) atoms.